The van der Waals surface area contributed by atoms with E-state index in [1.165, 1.54) is 11.8 Å². The van der Waals surface area contributed by atoms with Crippen LogP contribution in [0.1, 0.15) is 39.6 Å². The Kier molecular flexibility index (Phi) is 7.51. The molecule has 0 spiro atoms. The number of esters is 1. The van der Waals surface area contributed by atoms with Gasteiger partial charge in [-0.3, -0.25) is 4.79 Å². The Hall–Kier alpha value is -3.04. The number of thiazole rings is 1. The summed E-state index contributed by atoms with van der Waals surface area (Å²) in [5, 5.41) is 5.87. The van der Waals surface area contributed by atoms with Crippen LogP contribution in [-0.2, 0) is 15.3 Å². The molecule has 33 heavy (non-hydrogen) atoms. The molecule has 0 aliphatic carbocycles. The topological polar surface area (TPSA) is 86.8 Å². The summed E-state index contributed by atoms with van der Waals surface area (Å²) in [6.45, 7) is 4.48. The van der Waals surface area contributed by atoms with Crippen LogP contribution in [0.3, 0.4) is 0 Å². The lowest BCUT2D eigenvalue weighted by Crippen LogP contribution is -2.31. The first-order chi connectivity index (χ1) is 16.0. The molecule has 1 amide bonds. The van der Waals surface area contributed by atoms with E-state index >= 15 is 0 Å². The molecule has 1 aliphatic heterocycles. The molecular formula is C24H24N2O5S2. The second-order valence-electron chi connectivity index (χ2n) is 7.41. The molecule has 0 bridgehead atoms. The Balaban J connectivity index is 1.31. The molecule has 9 heteroatoms. The minimum atomic E-state index is -0.533. The van der Waals surface area contributed by atoms with Crippen LogP contribution in [0.5, 0.6) is 11.5 Å². The third-order valence-electron chi connectivity index (χ3n) is 4.93. The standard InChI is InChI=1S/C24H24N2O5S2/c1-15(17-7-8-20-21(11-17)30-10-9-29-20)25-23(27)12-31-24(28)19-5-3-4-6-22(19)33-14-18-13-32-16(2)26-18/h3-8,11,13,15H,9-10,12,14H2,1-2H3,(H,25,27). The van der Waals surface area contributed by atoms with Crippen molar-refractivity contribution in [2.75, 3.05) is 19.8 Å². The predicted molar refractivity (Wildman–Crippen MR) is 127 cm³/mol. The zero-order valence-electron chi connectivity index (χ0n) is 18.3. The maximum Gasteiger partial charge on any atom is 0.339 e. The van der Waals surface area contributed by atoms with Gasteiger partial charge in [0.2, 0.25) is 0 Å². The Labute approximate surface area is 200 Å². The van der Waals surface area contributed by atoms with Gasteiger partial charge in [0.1, 0.15) is 13.2 Å². The van der Waals surface area contributed by atoms with Gasteiger partial charge >= 0.3 is 5.97 Å². The highest BCUT2D eigenvalue weighted by atomic mass is 32.2. The van der Waals surface area contributed by atoms with Gasteiger partial charge in [0, 0.05) is 16.0 Å². The van der Waals surface area contributed by atoms with E-state index in [2.05, 4.69) is 10.3 Å². The summed E-state index contributed by atoms with van der Waals surface area (Å²) in [6.07, 6.45) is 0. The van der Waals surface area contributed by atoms with Crippen molar-refractivity contribution in [3.63, 3.8) is 0 Å². The molecule has 0 fully saturated rings. The number of benzene rings is 2. The number of nitrogens with one attached hydrogen (secondary N) is 1. The molecule has 0 saturated heterocycles. The number of hydrogen-bond acceptors (Lipinski definition) is 8. The van der Waals surface area contributed by atoms with Crippen molar-refractivity contribution >= 4 is 35.0 Å². The highest BCUT2D eigenvalue weighted by Crippen LogP contribution is 2.32. The average molecular weight is 485 g/mol. The van der Waals surface area contributed by atoms with Crippen molar-refractivity contribution in [1.29, 1.82) is 0 Å². The van der Waals surface area contributed by atoms with E-state index in [-0.39, 0.29) is 18.6 Å². The summed E-state index contributed by atoms with van der Waals surface area (Å²) < 4.78 is 16.4. The molecule has 2 heterocycles. The van der Waals surface area contributed by atoms with Gasteiger partial charge in [0.25, 0.3) is 5.91 Å². The van der Waals surface area contributed by atoms with Crippen LogP contribution in [0.15, 0.2) is 52.7 Å². The number of amides is 1. The Morgan fingerprint density at radius 2 is 1.97 bits per heavy atom. The van der Waals surface area contributed by atoms with Crippen molar-refractivity contribution < 1.29 is 23.8 Å². The number of ether oxygens (including phenoxy) is 3. The van der Waals surface area contributed by atoms with E-state index in [1.54, 1.807) is 23.5 Å². The molecule has 1 N–H and O–H groups in total. The summed E-state index contributed by atoms with van der Waals surface area (Å²) in [5.41, 5.74) is 2.28. The first-order valence-corrected chi connectivity index (χ1v) is 12.3. The number of fused-ring (bicyclic) bond motifs is 1. The lowest BCUT2D eigenvalue weighted by molar-refractivity contribution is -0.124. The molecule has 7 nitrogen and oxygen atoms in total. The van der Waals surface area contributed by atoms with Crippen LogP contribution in [-0.4, -0.2) is 36.7 Å². The lowest BCUT2D eigenvalue weighted by Gasteiger charge is -2.21. The van der Waals surface area contributed by atoms with Crippen molar-refractivity contribution in [3.8, 4) is 11.5 Å². The van der Waals surface area contributed by atoms with E-state index in [9.17, 15) is 9.59 Å². The average Bonchev–Trinajstić information content (AvgIpc) is 3.26. The Morgan fingerprint density at radius 3 is 2.76 bits per heavy atom. The first kappa shape index (κ1) is 23.1. The molecule has 1 atom stereocenters. The predicted octanol–water partition coefficient (Wildman–Crippen LogP) is 4.55. The summed E-state index contributed by atoms with van der Waals surface area (Å²) in [7, 11) is 0. The zero-order valence-corrected chi connectivity index (χ0v) is 20.0. The zero-order chi connectivity index (χ0) is 23.2. The van der Waals surface area contributed by atoms with Crippen LogP contribution in [0.4, 0.5) is 0 Å². The summed E-state index contributed by atoms with van der Waals surface area (Å²) in [4.78, 5) is 30.3. The van der Waals surface area contributed by atoms with Gasteiger partial charge in [0.05, 0.1) is 22.3 Å². The molecule has 3 aromatic rings. The van der Waals surface area contributed by atoms with Crippen LogP contribution >= 0.6 is 23.1 Å². The van der Waals surface area contributed by atoms with E-state index in [0.29, 0.717) is 36.0 Å². The largest absolute Gasteiger partial charge is 0.486 e. The molecule has 172 valence electrons. The number of aromatic nitrogens is 1. The summed E-state index contributed by atoms with van der Waals surface area (Å²) in [6, 6.07) is 12.5. The van der Waals surface area contributed by atoms with Crippen molar-refractivity contribution in [1.82, 2.24) is 10.3 Å². The van der Waals surface area contributed by atoms with Gasteiger partial charge in [0.15, 0.2) is 18.1 Å². The van der Waals surface area contributed by atoms with Crippen LogP contribution in [0.25, 0.3) is 0 Å². The molecule has 1 aliphatic rings. The van der Waals surface area contributed by atoms with Gasteiger partial charge in [-0.05, 0) is 43.7 Å². The molecule has 4 rings (SSSR count). The molecule has 1 aromatic heterocycles. The number of carbonyl (C=O) groups excluding carboxylic acids is 2. The van der Waals surface area contributed by atoms with Crippen LogP contribution in [0.2, 0.25) is 0 Å². The fourth-order valence-corrected chi connectivity index (χ4v) is 4.94. The molecular weight excluding hydrogens is 460 g/mol. The second-order valence-corrected chi connectivity index (χ2v) is 9.49. The van der Waals surface area contributed by atoms with Crippen LogP contribution in [0, 0.1) is 6.92 Å². The van der Waals surface area contributed by atoms with Gasteiger partial charge in [-0.25, -0.2) is 9.78 Å². The molecule has 0 radical (unpaired) electrons. The van der Waals surface area contributed by atoms with E-state index < -0.39 is 5.97 Å². The first-order valence-electron chi connectivity index (χ1n) is 10.5. The minimum Gasteiger partial charge on any atom is -0.486 e. The molecule has 2 aromatic carbocycles. The Bertz CT molecular complexity index is 1150. The van der Waals surface area contributed by atoms with Gasteiger partial charge in [-0.1, -0.05) is 18.2 Å². The normalized spacial score (nSPS) is 13.3. The Morgan fingerprint density at radius 1 is 1.18 bits per heavy atom. The fraction of sp³-hybridized carbons (Fsp3) is 0.292. The maximum atomic E-state index is 12.6. The van der Waals surface area contributed by atoms with E-state index in [4.69, 9.17) is 14.2 Å². The third kappa shape index (κ3) is 6.06. The van der Waals surface area contributed by atoms with E-state index in [1.807, 2.05) is 49.6 Å². The number of carbonyl (C=O) groups is 2. The quantitative estimate of drug-likeness (QED) is 0.371. The maximum absolute atomic E-state index is 12.6. The van der Waals surface area contributed by atoms with Crippen LogP contribution < -0.4 is 14.8 Å². The second kappa shape index (κ2) is 10.7. The monoisotopic (exact) mass is 484 g/mol. The highest BCUT2D eigenvalue weighted by molar-refractivity contribution is 7.98. The van der Waals surface area contributed by atoms with Gasteiger partial charge < -0.3 is 19.5 Å². The number of hydrogen-bond donors (Lipinski definition) is 1. The van der Waals surface area contributed by atoms with Crippen molar-refractivity contribution in [2.45, 2.75) is 30.5 Å². The van der Waals surface area contributed by atoms with Crippen molar-refractivity contribution in [3.05, 3.63) is 69.7 Å². The third-order valence-corrected chi connectivity index (χ3v) is 6.86. The van der Waals surface area contributed by atoms with Gasteiger partial charge in [-0.15, -0.1) is 23.1 Å². The van der Waals surface area contributed by atoms with Gasteiger partial charge in [-0.2, -0.15) is 0 Å². The molecule has 1 unspecified atom stereocenters. The smallest absolute Gasteiger partial charge is 0.339 e. The van der Waals surface area contributed by atoms with E-state index in [0.717, 1.165) is 21.2 Å². The van der Waals surface area contributed by atoms with Crippen molar-refractivity contribution in [2.24, 2.45) is 0 Å². The fourth-order valence-electron chi connectivity index (χ4n) is 3.29. The lowest BCUT2D eigenvalue weighted by atomic mass is 10.1. The highest BCUT2D eigenvalue weighted by Gasteiger charge is 2.18. The summed E-state index contributed by atoms with van der Waals surface area (Å²) in [5.74, 6) is 1.10. The number of nitrogens with zero attached hydrogens (tertiary/aromatic N) is 1. The molecule has 0 saturated carbocycles. The number of aryl methyl sites for hydroxylation is 1. The minimum absolute atomic E-state index is 0.281. The number of rotatable bonds is 8. The SMILES string of the molecule is Cc1nc(CSc2ccccc2C(=O)OCC(=O)NC(C)c2ccc3c(c2)OCCO3)cs1. The number of thioether (sulfide) groups is 1. The summed E-state index contributed by atoms with van der Waals surface area (Å²) >= 11 is 3.11.